The van der Waals surface area contributed by atoms with Crippen molar-refractivity contribution < 1.29 is 14.3 Å². The summed E-state index contributed by atoms with van der Waals surface area (Å²) in [7, 11) is 3.06. The minimum Gasteiger partial charge on any atom is -0.497 e. The topological polar surface area (TPSA) is 59.6 Å². The molecule has 2 rings (SSSR count). The van der Waals surface area contributed by atoms with Gasteiger partial charge in [-0.25, -0.2) is 0 Å². The van der Waals surface area contributed by atoms with E-state index in [1.165, 1.54) is 14.2 Å². The molecule has 0 heterocycles. The van der Waals surface area contributed by atoms with Crippen LogP contribution in [-0.2, 0) is 0 Å². The molecule has 2 aromatic carbocycles. The van der Waals surface area contributed by atoms with E-state index in [2.05, 4.69) is 16.7 Å². The zero-order valence-corrected chi connectivity index (χ0v) is 14.9. The first kappa shape index (κ1) is 17.7. The number of hydrogen-bond acceptors (Lipinski definition) is 4. The Bertz CT molecular complexity index is 732. The molecule has 24 heavy (non-hydrogen) atoms. The molecule has 6 heteroatoms. The van der Waals surface area contributed by atoms with E-state index in [4.69, 9.17) is 21.7 Å². The van der Waals surface area contributed by atoms with Crippen LogP contribution in [-0.4, -0.2) is 25.2 Å². The third-order valence-corrected chi connectivity index (χ3v) is 3.52. The highest BCUT2D eigenvalue weighted by Gasteiger charge is 2.11. The largest absolute Gasteiger partial charge is 0.497 e. The molecule has 0 atom stereocenters. The molecule has 0 spiro atoms. The van der Waals surface area contributed by atoms with Crippen molar-refractivity contribution in [2.24, 2.45) is 0 Å². The number of hydrogen-bond donors (Lipinski definition) is 2. The van der Waals surface area contributed by atoms with Crippen molar-refractivity contribution in [3.05, 3.63) is 53.1 Å². The van der Waals surface area contributed by atoms with E-state index in [1.807, 2.05) is 26.0 Å². The predicted molar refractivity (Wildman–Crippen MR) is 99.1 cm³/mol. The van der Waals surface area contributed by atoms with Crippen LogP contribution in [0.5, 0.6) is 11.5 Å². The zero-order valence-electron chi connectivity index (χ0n) is 14.1. The van der Waals surface area contributed by atoms with E-state index in [1.54, 1.807) is 18.2 Å². The van der Waals surface area contributed by atoms with Gasteiger partial charge < -0.3 is 14.8 Å². The van der Waals surface area contributed by atoms with Crippen molar-refractivity contribution in [2.45, 2.75) is 13.8 Å². The number of methoxy groups -OCH3 is 2. The molecule has 126 valence electrons. The molecule has 0 bridgehead atoms. The van der Waals surface area contributed by atoms with Crippen LogP contribution in [0, 0.1) is 13.8 Å². The Morgan fingerprint density at radius 2 is 1.46 bits per heavy atom. The maximum absolute atomic E-state index is 12.4. The Kier molecular flexibility index (Phi) is 5.76. The molecule has 1 amide bonds. The van der Waals surface area contributed by atoms with E-state index in [-0.39, 0.29) is 11.0 Å². The number of thiocarbonyl (C=S) groups is 1. The molecule has 0 fully saturated rings. The van der Waals surface area contributed by atoms with Crippen LogP contribution in [0.3, 0.4) is 0 Å². The predicted octanol–water partition coefficient (Wildman–Crippen LogP) is 3.45. The van der Waals surface area contributed by atoms with E-state index < -0.39 is 0 Å². The Labute approximate surface area is 147 Å². The van der Waals surface area contributed by atoms with Gasteiger partial charge >= 0.3 is 0 Å². The van der Waals surface area contributed by atoms with Gasteiger partial charge in [-0.3, -0.25) is 10.1 Å². The minimum absolute atomic E-state index is 0.229. The fourth-order valence-electron chi connectivity index (χ4n) is 2.32. The van der Waals surface area contributed by atoms with Gasteiger partial charge in [0.2, 0.25) is 0 Å². The monoisotopic (exact) mass is 344 g/mol. The van der Waals surface area contributed by atoms with Gasteiger partial charge in [0, 0.05) is 17.3 Å². The number of amides is 1. The molecule has 2 N–H and O–H groups in total. The standard InChI is InChI=1S/C18H20N2O3S/c1-11-5-12(2)7-14(6-11)19-18(24)20-17(21)13-8-15(22-3)10-16(9-13)23-4/h5-10H,1-4H3,(H2,19,20,21,24). The fraction of sp³-hybridized carbons (Fsp3) is 0.222. The molecular formula is C18H20N2O3S. The molecular weight excluding hydrogens is 324 g/mol. The lowest BCUT2D eigenvalue weighted by molar-refractivity contribution is 0.0977. The Balaban J connectivity index is 2.10. The summed E-state index contributed by atoms with van der Waals surface area (Å²) in [6.45, 7) is 4.00. The van der Waals surface area contributed by atoms with Gasteiger partial charge in [0.05, 0.1) is 14.2 Å². The van der Waals surface area contributed by atoms with Gasteiger partial charge in [0.25, 0.3) is 5.91 Å². The Morgan fingerprint density at radius 1 is 0.917 bits per heavy atom. The first-order valence-electron chi connectivity index (χ1n) is 7.35. The van der Waals surface area contributed by atoms with Crippen molar-refractivity contribution in [3.8, 4) is 11.5 Å². The summed E-state index contributed by atoms with van der Waals surface area (Å²) in [4.78, 5) is 12.4. The van der Waals surface area contributed by atoms with E-state index >= 15 is 0 Å². The first-order chi connectivity index (χ1) is 11.4. The van der Waals surface area contributed by atoms with Crippen LogP contribution < -0.4 is 20.1 Å². The van der Waals surface area contributed by atoms with Gasteiger partial charge in [-0.1, -0.05) is 6.07 Å². The quantitative estimate of drug-likeness (QED) is 0.832. The number of ether oxygens (including phenoxy) is 2. The molecule has 5 nitrogen and oxygen atoms in total. The number of anilines is 1. The van der Waals surface area contributed by atoms with Crippen LogP contribution in [0.15, 0.2) is 36.4 Å². The molecule has 0 aliphatic carbocycles. The molecule has 0 aliphatic heterocycles. The number of aryl methyl sites for hydroxylation is 2. The molecule has 0 aromatic heterocycles. The van der Waals surface area contributed by atoms with Gasteiger partial charge in [-0.15, -0.1) is 0 Å². The summed E-state index contributed by atoms with van der Waals surface area (Å²) in [5, 5.41) is 5.90. The average Bonchev–Trinajstić information content (AvgIpc) is 2.53. The first-order valence-corrected chi connectivity index (χ1v) is 7.76. The highest BCUT2D eigenvalue weighted by molar-refractivity contribution is 7.80. The number of rotatable bonds is 4. The third-order valence-electron chi connectivity index (χ3n) is 3.32. The van der Waals surface area contributed by atoms with Crippen LogP contribution in [0.1, 0.15) is 21.5 Å². The number of nitrogens with one attached hydrogen (secondary N) is 2. The number of benzene rings is 2. The lowest BCUT2D eigenvalue weighted by Crippen LogP contribution is -2.34. The highest BCUT2D eigenvalue weighted by atomic mass is 32.1. The number of carbonyl (C=O) groups is 1. The van der Waals surface area contributed by atoms with Crippen molar-refractivity contribution in [1.29, 1.82) is 0 Å². The van der Waals surface area contributed by atoms with Crippen LogP contribution in [0.25, 0.3) is 0 Å². The number of carbonyl (C=O) groups excluding carboxylic acids is 1. The van der Waals surface area contributed by atoms with Gasteiger partial charge in [0.1, 0.15) is 11.5 Å². The maximum atomic E-state index is 12.4. The van der Waals surface area contributed by atoms with E-state index in [0.717, 1.165) is 16.8 Å². The van der Waals surface area contributed by atoms with Crippen molar-refractivity contribution in [1.82, 2.24) is 5.32 Å². The van der Waals surface area contributed by atoms with Gasteiger partial charge in [-0.2, -0.15) is 0 Å². The van der Waals surface area contributed by atoms with Crippen molar-refractivity contribution in [2.75, 3.05) is 19.5 Å². The lowest BCUT2D eigenvalue weighted by Gasteiger charge is -2.12. The molecule has 0 unspecified atom stereocenters. The highest BCUT2D eigenvalue weighted by Crippen LogP contribution is 2.22. The molecule has 0 radical (unpaired) electrons. The normalized spacial score (nSPS) is 10.0. The lowest BCUT2D eigenvalue weighted by atomic mass is 10.1. The van der Waals surface area contributed by atoms with E-state index in [9.17, 15) is 4.79 Å². The summed E-state index contributed by atoms with van der Waals surface area (Å²) in [5.41, 5.74) is 3.46. The summed E-state index contributed by atoms with van der Waals surface area (Å²) in [6.07, 6.45) is 0. The van der Waals surface area contributed by atoms with Crippen LogP contribution in [0.2, 0.25) is 0 Å². The van der Waals surface area contributed by atoms with Crippen LogP contribution >= 0.6 is 12.2 Å². The smallest absolute Gasteiger partial charge is 0.257 e. The van der Waals surface area contributed by atoms with Gasteiger partial charge in [-0.05, 0) is 61.5 Å². The maximum Gasteiger partial charge on any atom is 0.257 e. The van der Waals surface area contributed by atoms with E-state index in [0.29, 0.717) is 17.1 Å². The second kappa shape index (κ2) is 7.79. The molecule has 0 aliphatic rings. The summed E-state index contributed by atoms with van der Waals surface area (Å²) in [6, 6.07) is 10.9. The van der Waals surface area contributed by atoms with Gasteiger partial charge in [0.15, 0.2) is 5.11 Å². The molecule has 0 saturated heterocycles. The minimum atomic E-state index is -0.339. The average molecular weight is 344 g/mol. The SMILES string of the molecule is COc1cc(OC)cc(C(=O)NC(=S)Nc2cc(C)cc(C)c2)c1. The summed E-state index contributed by atoms with van der Waals surface area (Å²) < 4.78 is 10.3. The summed E-state index contributed by atoms with van der Waals surface area (Å²) in [5.74, 6) is 0.731. The second-order valence-corrected chi connectivity index (χ2v) is 5.79. The fourth-order valence-corrected chi connectivity index (χ4v) is 2.53. The summed E-state index contributed by atoms with van der Waals surface area (Å²) >= 11 is 5.22. The Hall–Kier alpha value is -2.60. The zero-order chi connectivity index (χ0) is 17.7. The van der Waals surface area contributed by atoms with Crippen LogP contribution in [0.4, 0.5) is 5.69 Å². The Morgan fingerprint density at radius 3 is 1.96 bits per heavy atom. The van der Waals surface area contributed by atoms with Crippen molar-refractivity contribution in [3.63, 3.8) is 0 Å². The van der Waals surface area contributed by atoms with Crippen molar-refractivity contribution >= 4 is 28.9 Å². The second-order valence-electron chi connectivity index (χ2n) is 5.39. The third kappa shape index (κ3) is 4.70. The molecule has 0 saturated carbocycles. The molecule has 2 aromatic rings.